The molecule has 2 unspecified atom stereocenters. The first-order valence-corrected chi connectivity index (χ1v) is 15.2. The molecule has 2 fully saturated rings. The van der Waals surface area contributed by atoms with Crippen LogP contribution in [-0.4, -0.2) is 47.2 Å². The van der Waals surface area contributed by atoms with Crippen LogP contribution in [-0.2, 0) is 27.4 Å². The highest BCUT2D eigenvalue weighted by molar-refractivity contribution is 6.30. The van der Waals surface area contributed by atoms with Crippen molar-refractivity contribution in [2.45, 2.75) is 94.9 Å². The molecule has 9 heteroatoms. The highest BCUT2D eigenvalue weighted by Gasteiger charge is 2.43. The summed E-state index contributed by atoms with van der Waals surface area (Å²) in [7, 11) is 0. The van der Waals surface area contributed by atoms with E-state index in [1.54, 1.807) is 24.3 Å². The Kier molecular flexibility index (Phi) is 11.5. The Morgan fingerprint density at radius 2 is 1.71 bits per heavy atom. The summed E-state index contributed by atoms with van der Waals surface area (Å²) in [5, 5.41) is 19.3. The van der Waals surface area contributed by atoms with Gasteiger partial charge in [0.25, 0.3) is 0 Å². The third-order valence-corrected chi connectivity index (χ3v) is 8.33. The maximum absolute atomic E-state index is 13.3. The fraction of sp³-hybridized carbons (Fsp3) is 0.531. The molecule has 41 heavy (non-hydrogen) atoms. The minimum atomic E-state index is -0.798. The topological polar surface area (TPSA) is 117 Å². The summed E-state index contributed by atoms with van der Waals surface area (Å²) >= 11 is 6.01. The molecule has 0 aromatic heterocycles. The number of amides is 3. The number of benzene rings is 2. The summed E-state index contributed by atoms with van der Waals surface area (Å²) < 4.78 is 5.37. The van der Waals surface area contributed by atoms with Crippen molar-refractivity contribution in [2.75, 3.05) is 6.61 Å². The number of alkyl carbamates (subject to hydrolysis) is 1. The summed E-state index contributed by atoms with van der Waals surface area (Å²) in [6.45, 7) is -0.270. The predicted molar refractivity (Wildman–Crippen MR) is 158 cm³/mol. The number of halogens is 1. The first-order valence-electron chi connectivity index (χ1n) is 14.8. The van der Waals surface area contributed by atoms with E-state index in [0.29, 0.717) is 23.8 Å². The molecule has 0 aliphatic heterocycles. The largest absolute Gasteiger partial charge is 0.445 e. The average Bonchev–Trinajstić information content (AvgIpc) is 3.73. The quantitative estimate of drug-likeness (QED) is 0.248. The Balaban J connectivity index is 1.28. The van der Waals surface area contributed by atoms with E-state index in [9.17, 15) is 19.5 Å². The number of carbonyl (C=O) groups is 3. The zero-order valence-electron chi connectivity index (χ0n) is 23.6. The van der Waals surface area contributed by atoms with Crippen molar-refractivity contribution in [1.82, 2.24) is 16.0 Å². The van der Waals surface area contributed by atoms with Gasteiger partial charge in [-0.25, -0.2) is 4.79 Å². The SMILES string of the molecule is O=C(CCC(CO)NC(=O)C(CC1CCCCC1)NC(=O)OCc1cccc(Cl)c1)NC1(Cc2ccccc2)CC1. The molecular formula is C32H42ClN3O5. The Bertz CT molecular complexity index is 1150. The van der Waals surface area contributed by atoms with Gasteiger partial charge >= 0.3 is 6.09 Å². The van der Waals surface area contributed by atoms with Crippen molar-refractivity contribution >= 4 is 29.5 Å². The van der Waals surface area contributed by atoms with E-state index in [-0.39, 0.29) is 37.0 Å². The first-order chi connectivity index (χ1) is 19.8. The lowest BCUT2D eigenvalue weighted by Gasteiger charge is -2.28. The highest BCUT2D eigenvalue weighted by atomic mass is 35.5. The Hall–Kier alpha value is -3.10. The Morgan fingerprint density at radius 3 is 2.39 bits per heavy atom. The third-order valence-electron chi connectivity index (χ3n) is 8.09. The molecule has 2 aliphatic carbocycles. The number of ether oxygens (including phenoxy) is 1. The summed E-state index contributed by atoms with van der Waals surface area (Å²) in [6.07, 6.45) is 8.39. The smallest absolute Gasteiger partial charge is 0.408 e. The zero-order valence-corrected chi connectivity index (χ0v) is 24.3. The molecule has 8 nitrogen and oxygen atoms in total. The van der Waals surface area contributed by atoms with E-state index >= 15 is 0 Å². The summed E-state index contributed by atoms with van der Waals surface area (Å²) in [4.78, 5) is 38.7. The Labute approximate surface area is 247 Å². The van der Waals surface area contributed by atoms with E-state index in [2.05, 4.69) is 28.1 Å². The van der Waals surface area contributed by atoms with E-state index in [1.165, 1.54) is 12.0 Å². The number of hydrogen-bond donors (Lipinski definition) is 4. The van der Waals surface area contributed by atoms with Crippen LogP contribution in [0.15, 0.2) is 54.6 Å². The van der Waals surface area contributed by atoms with Crippen LogP contribution >= 0.6 is 11.6 Å². The van der Waals surface area contributed by atoms with Crippen LogP contribution in [0.5, 0.6) is 0 Å². The zero-order chi connectivity index (χ0) is 29.1. The van der Waals surface area contributed by atoms with Gasteiger partial charge in [0.15, 0.2) is 0 Å². The van der Waals surface area contributed by atoms with Gasteiger partial charge in [0.05, 0.1) is 12.6 Å². The molecule has 0 spiro atoms. The van der Waals surface area contributed by atoms with E-state index in [1.807, 2.05) is 18.2 Å². The molecule has 2 aliphatic rings. The molecule has 0 saturated heterocycles. The fourth-order valence-corrected chi connectivity index (χ4v) is 5.82. The summed E-state index contributed by atoms with van der Waals surface area (Å²) in [6, 6.07) is 15.7. The van der Waals surface area contributed by atoms with Gasteiger partial charge in [-0.15, -0.1) is 0 Å². The number of aliphatic hydroxyl groups is 1. The van der Waals surface area contributed by atoms with Gasteiger partial charge in [0, 0.05) is 17.0 Å². The Morgan fingerprint density at radius 1 is 0.976 bits per heavy atom. The van der Waals surface area contributed by atoms with E-state index < -0.39 is 18.2 Å². The molecule has 4 rings (SSSR count). The average molecular weight is 584 g/mol. The van der Waals surface area contributed by atoms with Crippen LogP contribution in [0.25, 0.3) is 0 Å². The molecule has 2 aromatic rings. The van der Waals surface area contributed by atoms with Gasteiger partial charge < -0.3 is 25.8 Å². The molecule has 0 heterocycles. The van der Waals surface area contributed by atoms with Crippen LogP contribution in [0.3, 0.4) is 0 Å². The molecule has 2 aromatic carbocycles. The second kappa shape index (κ2) is 15.2. The molecule has 2 atom stereocenters. The van der Waals surface area contributed by atoms with Crippen LogP contribution in [0, 0.1) is 5.92 Å². The number of aliphatic hydroxyl groups excluding tert-OH is 1. The lowest BCUT2D eigenvalue weighted by atomic mass is 9.84. The van der Waals surface area contributed by atoms with Crippen LogP contribution < -0.4 is 16.0 Å². The molecule has 3 amide bonds. The highest BCUT2D eigenvalue weighted by Crippen LogP contribution is 2.38. The van der Waals surface area contributed by atoms with Crippen molar-refractivity contribution in [3.8, 4) is 0 Å². The second-order valence-electron chi connectivity index (χ2n) is 11.6. The summed E-state index contributed by atoms with van der Waals surface area (Å²) in [5.74, 6) is -0.143. The molecule has 2 saturated carbocycles. The van der Waals surface area contributed by atoms with Gasteiger partial charge in [0.2, 0.25) is 11.8 Å². The molecule has 4 N–H and O–H groups in total. The maximum Gasteiger partial charge on any atom is 0.408 e. The second-order valence-corrected chi connectivity index (χ2v) is 12.0. The van der Waals surface area contributed by atoms with E-state index in [0.717, 1.165) is 50.5 Å². The normalized spacial score (nSPS) is 17.6. The van der Waals surface area contributed by atoms with Gasteiger partial charge in [-0.05, 0) is 61.3 Å². The summed E-state index contributed by atoms with van der Waals surface area (Å²) in [5.41, 5.74) is 1.74. The standard InChI is InChI=1S/C32H42ClN3O5/c33-26-13-7-12-25(18-26)22-41-31(40)35-28(19-23-8-3-1-4-9-23)30(39)34-27(21-37)14-15-29(38)36-32(16-17-32)20-24-10-5-2-6-11-24/h2,5-7,10-13,18,23,27-28,37H,1,3-4,8-9,14-17,19-22H2,(H,34,39)(H,35,40)(H,36,38). The third kappa shape index (κ3) is 10.3. The number of carbonyl (C=O) groups excluding carboxylic acids is 3. The molecule has 222 valence electrons. The molecule has 0 bridgehead atoms. The monoisotopic (exact) mass is 583 g/mol. The lowest BCUT2D eigenvalue weighted by molar-refractivity contribution is -0.126. The minimum Gasteiger partial charge on any atom is -0.445 e. The van der Waals surface area contributed by atoms with Gasteiger partial charge in [-0.2, -0.15) is 0 Å². The van der Waals surface area contributed by atoms with Crippen molar-refractivity contribution in [1.29, 1.82) is 0 Å². The van der Waals surface area contributed by atoms with Gasteiger partial charge in [0.1, 0.15) is 12.6 Å². The van der Waals surface area contributed by atoms with Gasteiger partial charge in [-0.3, -0.25) is 9.59 Å². The van der Waals surface area contributed by atoms with Crippen LogP contribution in [0.4, 0.5) is 4.79 Å². The van der Waals surface area contributed by atoms with E-state index in [4.69, 9.17) is 16.3 Å². The van der Waals surface area contributed by atoms with Gasteiger partial charge in [-0.1, -0.05) is 86.2 Å². The number of nitrogens with one attached hydrogen (secondary N) is 3. The van der Waals surface area contributed by atoms with Crippen molar-refractivity contribution < 1.29 is 24.2 Å². The maximum atomic E-state index is 13.3. The molecular weight excluding hydrogens is 542 g/mol. The fourth-order valence-electron chi connectivity index (χ4n) is 5.61. The minimum absolute atomic E-state index is 0.0320. The first kappa shape index (κ1) is 30.8. The van der Waals surface area contributed by atoms with Crippen LogP contribution in [0.2, 0.25) is 5.02 Å². The van der Waals surface area contributed by atoms with Crippen LogP contribution in [0.1, 0.15) is 75.3 Å². The lowest BCUT2D eigenvalue weighted by Crippen LogP contribution is -2.51. The molecule has 0 radical (unpaired) electrons. The number of hydrogen-bond acceptors (Lipinski definition) is 5. The van der Waals surface area contributed by atoms with Crippen molar-refractivity contribution in [3.63, 3.8) is 0 Å². The van der Waals surface area contributed by atoms with Crippen molar-refractivity contribution in [3.05, 3.63) is 70.7 Å². The number of rotatable bonds is 14. The predicted octanol–water partition coefficient (Wildman–Crippen LogP) is 5.05. The van der Waals surface area contributed by atoms with Crippen molar-refractivity contribution in [2.24, 2.45) is 5.92 Å².